The maximum atomic E-state index is 12.8. The van der Waals surface area contributed by atoms with Crippen LogP contribution >= 0.6 is 0 Å². The molecule has 0 bridgehead atoms. The maximum absolute atomic E-state index is 12.8. The van der Waals surface area contributed by atoms with Crippen LogP contribution in [0.25, 0.3) is 0 Å². The van der Waals surface area contributed by atoms with E-state index >= 15 is 0 Å². The van der Waals surface area contributed by atoms with Crippen LogP contribution in [0.2, 0.25) is 0 Å². The molecule has 2 heterocycles. The van der Waals surface area contributed by atoms with E-state index in [4.69, 9.17) is 0 Å². The number of rotatable bonds is 6. The first-order valence-electron chi connectivity index (χ1n) is 9.24. The van der Waals surface area contributed by atoms with E-state index in [9.17, 15) is 4.79 Å². The van der Waals surface area contributed by atoms with Crippen LogP contribution in [0, 0.1) is 20.8 Å². The minimum absolute atomic E-state index is 0.00888. The van der Waals surface area contributed by atoms with Gasteiger partial charge in [-0.05, 0) is 50.5 Å². The molecule has 0 aliphatic heterocycles. The van der Waals surface area contributed by atoms with Gasteiger partial charge in [0.25, 0.3) is 0 Å². The van der Waals surface area contributed by atoms with Gasteiger partial charge in [-0.1, -0.05) is 36.4 Å². The van der Waals surface area contributed by atoms with Gasteiger partial charge in [0, 0.05) is 24.5 Å². The van der Waals surface area contributed by atoms with Gasteiger partial charge in [-0.15, -0.1) is 0 Å². The van der Waals surface area contributed by atoms with Crippen molar-refractivity contribution in [1.29, 1.82) is 0 Å². The summed E-state index contributed by atoms with van der Waals surface area (Å²) in [5.41, 5.74) is 5.30. The summed E-state index contributed by atoms with van der Waals surface area (Å²) in [6.45, 7) is 8.14. The van der Waals surface area contributed by atoms with Gasteiger partial charge in [0.2, 0.25) is 5.91 Å². The zero-order chi connectivity index (χ0) is 19.4. The second kappa shape index (κ2) is 8.16. The maximum Gasteiger partial charge on any atom is 0.222 e. The Morgan fingerprint density at radius 2 is 1.78 bits per heavy atom. The predicted octanol–water partition coefficient (Wildman–Crippen LogP) is 4.06. The number of nitrogens with one attached hydrogen (secondary N) is 1. The molecular weight excluding hydrogens is 336 g/mol. The molecule has 2 atom stereocenters. The number of amides is 1. The SMILES string of the molecule is Cc1nn([C@H](C)CC(=O)N[C@H](c2ccccc2)c2cccnc2)c(C)c1C. The van der Waals surface area contributed by atoms with Gasteiger partial charge < -0.3 is 5.32 Å². The zero-order valence-electron chi connectivity index (χ0n) is 16.3. The lowest BCUT2D eigenvalue weighted by molar-refractivity contribution is -0.122. The Labute approximate surface area is 160 Å². The van der Waals surface area contributed by atoms with Crippen molar-refractivity contribution >= 4 is 5.91 Å². The van der Waals surface area contributed by atoms with Crippen molar-refractivity contribution in [3.63, 3.8) is 0 Å². The smallest absolute Gasteiger partial charge is 0.222 e. The van der Waals surface area contributed by atoms with Gasteiger partial charge in [-0.25, -0.2) is 0 Å². The van der Waals surface area contributed by atoms with Crippen LogP contribution in [0.3, 0.4) is 0 Å². The summed E-state index contributed by atoms with van der Waals surface area (Å²) in [5, 5.41) is 7.76. The Hall–Kier alpha value is -2.95. The van der Waals surface area contributed by atoms with E-state index in [2.05, 4.69) is 22.3 Å². The second-order valence-electron chi connectivity index (χ2n) is 6.99. The number of aromatic nitrogens is 3. The van der Waals surface area contributed by atoms with Crippen molar-refractivity contribution in [3.05, 3.63) is 82.9 Å². The van der Waals surface area contributed by atoms with E-state index in [1.165, 1.54) is 5.56 Å². The Morgan fingerprint density at radius 3 is 2.37 bits per heavy atom. The van der Waals surface area contributed by atoms with Crippen LogP contribution < -0.4 is 5.32 Å². The molecule has 2 aromatic heterocycles. The predicted molar refractivity (Wildman–Crippen MR) is 106 cm³/mol. The summed E-state index contributed by atoms with van der Waals surface area (Å²) in [5.74, 6) is -0.00888. The number of hydrogen-bond donors (Lipinski definition) is 1. The van der Waals surface area contributed by atoms with Gasteiger partial charge in [0.05, 0.1) is 17.8 Å². The van der Waals surface area contributed by atoms with Gasteiger partial charge in [0.1, 0.15) is 0 Å². The molecule has 1 aromatic carbocycles. The summed E-state index contributed by atoms with van der Waals surface area (Å²) in [6, 6.07) is 13.6. The van der Waals surface area contributed by atoms with E-state index in [0.717, 1.165) is 22.5 Å². The summed E-state index contributed by atoms with van der Waals surface area (Å²) in [4.78, 5) is 17.0. The van der Waals surface area contributed by atoms with Crippen LogP contribution in [-0.4, -0.2) is 20.7 Å². The molecular formula is C22H26N4O. The highest BCUT2D eigenvalue weighted by Gasteiger charge is 2.20. The summed E-state index contributed by atoms with van der Waals surface area (Å²) in [7, 11) is 0. The van der Waals surface area contributed by atoms with Crippen molar-refractivity contribution in [2.45, 2.75) is 46.2 Å². The molecule has 0 radical (unpaired) electrons. The van der Waals surface area contributed by atoms with E-state index in [1.54, 1.807) is 12.4 Å². The molecule has 0 aliphatic carbocycles. The monoisotopic (exact) mass is 362 g/mol. The molecule has 1 amide bonds. The van der Waals surface area contributed by atoms with Gasteiger partial charge in [-0.2, -0.15) is 5.10 Å². The van der Waals surface area contributed by atoms with Crippen LogP contribution in [0.1, 0.15) is 53.5 Å². The number of carbonyl (C=O) groups is 1. The van der Waals surface area contributed by atoms with Gasteiger partial charge >= 0.3 is 0 Å². The minimum atomic E-state index is -0.221. The van der Waals surface area contributed by atoms with Crippen LogP contribution in [0.5, 0.6) is 0 Å². The highest BCUT2D eigenvalue weighted by molar-refractivity contribution is 5.77. The number of hydrogen-bond acceptors (Lipinski definition) is 3. The normalized spacial score (nSPS) is 13.2. The molecule has 0 saturated heterocycles. The van der Waals surface area contributed by atoms with Crippen molar-refractivity contribution < 1.29 is 4.79 Å². The van der Waals surface area contributed by atoms with Crippen molar-refractivity contribution in [1.82, 2.24) is 20.1 Å². The van der Waals surface area contributed by atoms with Crippen LogP contribution in [0.15, 0.2) is 54.9 Å². The molecule has 0 spiro atoms. The standard InChI is InChI=1S/C22H26N4O/c1-15(26-18(4)16(2)17(3)25-26)13-21(27)24-22(19-9-6-5-7-10-19)20-11-8-12-23-14-20/h5-12,14-15,22H,13H2,1-4H3,(H,24,27)/t15-,22-/m1/s1. The Kier molecular flexibility index (Phi) is 5.69. The molecule has 3 rings (SSSR count). The Balaban J connectivity index is 1.78. The Morgan fingerprint density at radius 1 is 1.07 bits per heavy atom. The third-order valence-corrected chi connectivity index (χ3v) is 5.04. The molecule has 0 unspecified atom stereocenters. The average Bonchev–Trinajstić information content (AvgIpc) is 2.95. The number of aryl methyl sites for hydroxylation is 1. The van der Waals surface area contributed by atoms with E-state index < -0.39 is 0 Å². The summed E-state index contributed by atoms with van der Waals surface area (Å²) >= 11 is 0. The third-order valence-electron chi connectivity index (χ3n) is 5.04. The number of carbonyl (C=O) groups excluding carboxylic acids is 1. The number of benzene rings is 1. The lowest BCUT2D eigenvalue weighted by Crippen LogP contribution is -2.31. The lowest BCUT2D eigenvalue weighted by atomic mass is 10.00. The molecule has 27 heavy (non-hydrogen) atoms. The molecule has 0 aliphatic rings. The van der Waals surface area contributed by atoms with Crippen LogP contribution in [0.4, 0.5) is 0 Å². The first-order chi connectivity index (χ1) is 13.0. The summed E-state index contributed by atoms with van der Waals surface area (Å²) in [6.07, 6.45) is 3.90. The fourth-order valence-corrected chi connectivity index (χ4v) is 3.30. The molecule has 5 heteroatoms. The number of pyridine rings is 1. The minimum Gasteiger partial charge on any atom is -0.345 e. The van der Waals surface area contributed by atoms with E-state index in [-0.39, 0.29) is 18.0 Å². The molecule has 5 nitrogen and oxygen atoms in total. The quantitative estimate of drug-likeness (QED) is 0.719. The lowest BCUT2D eigenvalue weighted by Gasteiger charge is -2.21. The van der Waals surface area contributed by atoms with E-state index in [1.807, 2.05) is 67.9 Å². The highest BCUT2D eigenvalue weighted by atomic mass is 16.1. The van der Waals surface area contributed by atoms with Gasteiger partial charge in [-0.3, -0.25) is 14.5 Å². The first-order valence-corrected chi connectivity index (χ1v) is 9.24. The molecule has 3 aromatic rings. The zero-order valence-corrected chi connectivity index (χ0v) is 16.3. The van der Waals surface area contributed by atoms with Crippen molar-refractivity contribution in [3.8, 4) is 0 Å². The van der Waals surface area contributed by atoms with Gasteiger partial charge in [0.15, 0.2) is 0 Å². The number of nitrogens with zero attached hydrogens (tertiary/aromatic N) is 3. The molecule has 0 fully saturated rings. The fraction of sp³-hybridized carbons (Fsp3) is 0.318. The molecule has 140 valence electrons. The highest BCUT2D eigenvalue weighted by Crippen LogP contribution is 2.23. The average molecular weight is 362 g/mol. The van der Waals surface area contributed by atoms with Crippen LogP contribution in [-0.2, 0) is 4.79 Å². The molecule has 1 N–H and O–H groups in total. The largest absolute Gasteiger partial charge is 0.345 e. The summed E-state index contributed by atoms with van der Waals surface area (Å²) < 4.78 is 1.95. The fourth-order valence-electron chi connectivity index (χ4n) is 3.30. The first kappa shape index (κ1) is 18.8. The topological polar surface area (TPSA) is 59.8 Å². The van der Waals surface area contributed by atoms with Crippen molar-refractivity contribution in [2.24, 2.45) is 0 Å². The second-order valence-corrected chi connectivity index (χ2v) is 6.99. The van der Waals surface area contributed by atoms with Crippen molar-refractivity contribution in [2.75, 3.05) is 0 Å². The van der Waals surface area contributed by atoms with E-state index in [0.29, 0.717) is 6.42 Å². The molecule has 0 saturated carbocycles. The third kappa shape index (κ3) is 4.25. The Bertz CT molecular complexity index is 863.